The van der Waals surface area contributed by atoms with E-state index in [2.05, 4.69) is 13.8 Å². The number of carbonyl (C=O) groups excluding carboxylic acids is 1. The van der Waals surface area contributed by atoms with Gasteiger partial charge in [0.25, 0.3) is 5.91 Å². The van der Waals surface area contributed by atoms with Crippen LogP contribution in [0.2, 0.25) is 5.02 Å². The predicted octanol–water partition coefficient (Wildman–Crippen LogP) is 3.05. The van der Waals surface area contributed by atoms with E-state index >= 15 is 0 Å². The molecule has 0 atom stereocenters. The van der Waals surface area contributed by atoms with Crippen molar-refractivity contribution in [2.75, 3.05) is 6.54 Å². The SMILES string of the molecule is CCN1C(=O)c2ccc(Cl)cc2C1(C)C. The molecule has 80 valence electrons. The summed E-state index contributed by atoms with van der Waals surface area (Å²) in [7, 11) is 0. The molecule has 1 aromatic rings. The summed E-state index contributed by atoms with van der Waals surface area (Å²) in [5.41, 5.74) is 1.57. The smallest absolute Gasteiger partial charge is 0.254 e. The molecule has 0 aliphatic carbocycles. The van der Waals surface area contributed by atoms with Crippen molar-refractivity contribution in [2.24, 2.45) is 0 Å². The summed E-state index contributed by atoms with van der Waals surface area (Å²) in [5, 5.41) is 0.688. The van der Waals surface area contributed by atoms with Crippen LogP contribution in [0.25, 0.3) is 0 Å². The Bertz CT molecular complexity index is 426. The largest absolute Gasteiger partial charge is 0.330 e. The summed E-state index contributed by atoms with van der Waals surface area (Å²) < 4.78 is 0. The molecule has 0 radical (unpaired) electrons. The van der Waals surface area contributed by atoms with E-state index in [0.29, 0.717) is 5.02 Å². The Balaban J connectivity index is 2.63. The maximum atomic E-state index is 12.0. The molecule has 0 fully saturated rings. The molecule has 1 aliphatic rings. The van der Waals surface area contributed by atoms with E-state index in [9.17, 15) is 4.79 Å². The Morgan fingerprint density at radius 2 is 2.07 bits per heavy atom. The second-order valence-corrected chi connectivity index (χ2v) is 4.73. The Morgan fingerprint density at radius 3 is 2.67 bits per heavy atom. The van der Waals surface area contributed by atoms with Crippen LogP contribution in [0, 0.1) is 0 Å². The number of halogens is 1. The molecule has 0 N–H and O–H groups in total. The van der Waals surface area contributed by atoms with E-state index in [1.807, 2.05) is 24.0 Å². The quantitative estimate of drug-likeness (QED) is 0.717. The Labute approximate surface area is 94.8 Å². The highest BCUT2D eigenvalue weighted by Gasteiger charge is 2.41. The minimum Gasteiger partial charge on any atom is -0.330 e. The standard InChI is InChI=1S/C12H14ClNO/c1-4-14-11(15)9-6-5-8(13)7-10(9)12(14,2)3/h5-7H,4H2,1-3H3. The van der Waals surface area contributed by atoms with E-state index in [0.717, 1.165) is 17.7 Å². The fourth-order valence-electron chi connectivity index (χ4n) is 2.29. The summed E-state index contributed by atoms with van der Waals surface area (Å²) in [5.74, 6) is 0.106. The molecule has 1 aromatic carbocycles. The lowest BCUT2D eigenvalue weighted by Crippen LogP contribution is -2.38. The van der Waals surface area contributed by atoms with Gasteiger partial charge in [0.15, 0.2) is 0 Å². The van der Waals surface area contributed by atoms with Gasteiger partial charge in [0, 0.05) is 17.1 Å². The highest BCUT2D eigenvalue weighted by Crippen LogP contribution is 2.39. The number of carbonyl (C=O) groups is 1. The van der Waals surface area contributed by atoms with Crippen molar-refractivity contribution >= 4 is 17.5 Å². The van der Waals surface area contributed by atoms with E-state index in [1.54, 1.807) is 6.07 Å². The second-order valence-electron chi connectivity index (χ2n) is 4.30. The van der Waals surface area contributed by atoms with Crippen LogP contribution < -0.4 is 0 Å². The van der Waals surface area contributed by atoms with Crippen molar-refractivity contribution < 1.29 is 4.79 Å². The summed E-state index contributed by atoms with van der Waals surface area (Å²) >= 11 is 5.96. The number of amides is 1. The fourth-order valence-corrected chi connectivity index (χ4v) is 2.46. The summed E-state index contributed by atoms with van der Waals surface area (Å²) in [6.07, 6.45) is 0. The van der Waals surface area contributed by atoms with E-state index < -0.39 is 0 Å². The fraction of sp³-hybridized carbons (Fsp3) is 0.417. The molecule has 0 unspecified atom stereocenters. The van der Waals surface area contributed by atoms with Crippen molar-refractivity contribution in [1.29, 1.82) is 0 Å². The van der Waals surface area contributed by atoms with Crippen LogP contribution in [0.1, 0.15) is 36.7 Å². The molecule has 3 heteroatoms. The Morgan fingerprint density at radius 1 is 1.40 bits per heavy atom. The molecule has 15 heavy (non-hydrogen) atoms. The van der Waals surface area contributed by atoms with Crippen LogP contribution in [-0.4, -0.2) is 17.4 Å². The van der Waals surface area contributed by atoms with Crippen molar-refractivity contribution in [3.05, 3.63) is 34.3 Å². The van der Waals surface area contributed by atoms with E-state index in [-0.39, 0.29) is 11.4 Å². The third-order valence-corrected chi connectivity index (χ3v) is 3.34. The number of nitrogens with zero attached hydrogens (tertiary/aromatic N) is 1. The number of rotatable bonds is 1. The zero-order chi connectivity index (χ0) is 11.2. The molecule has 1 heterocycles. The lowest BCUT2D eigenvalue weighted by atomic mass is 9.94. The number of fused-ring (bicyclic) bond motifs is 1. The van der Waals surface area contributed by atoms with Gasteiger partial charge in [0.05, 0.1) is 5.54 Å². The first-order valence-corrected chi connectivity index (χ1v) is 5.48. The third kappa shape index (κ3) is 1.36. The van der Waals surface area contributed by atoms with Gasteiger partial charge in [-0.25, -0.2) is 0 Å². The second kappa shape index (κ2) is 3.24. The number of hydrogen-bond acceptors (Lipinski definition) is 1. The molecule has 0 saturated carbocycles. The van der Waals surface area contributed by atoms with Gasteiger partial charge >= 0.3 is 0 Å². The van der Waals surface area contributed by atoms with Crippen LogP contribution in [0.5, 0.6) is 0 Å². The highest BCUT2D eigenvalue weighted by atomic mass is 35.5. The van der Waals surface area contributed by atoms with Gasteiger partial charge in [-0.05, 0) is 44.5 Å². The van der Waals surface area contributed by atoms with Gasteiger partial charge in [-0.2, -0.15) is 0 Å². The number of benzene rings is 1. The molecular weight excluding hydrogens is 210 g/mol. The van der Waals surface area contributed by atoms with Crippen LogP contribution >= 0.6 is 11.6 Å². The van der Waals surface area contributed by atoms with Gasteiger partial charge in [0.1, 0.15) is 0 Å². The molecule has 0 spiro atoms. The predicted molar refractivity (Wildman–Crippen MR) is 61.2 cm³/mol. The molecule has 0 aromatic heterocycles. The molecular formula is C12H14ClNO. The van der Waals surface area contributed by atoms with Gasteiger partial charge in [-0.3, -0.25) is 4.79 Å². The van der Waals surface area contributed by atoms with Crippen molar-refractivity contribution in [2.45, 2.75) is 26.3 Å². The lowest BCUT2D eigenvalue weighted by molar-refractivity contribution is 0.0635. The minimum absolute atomic E-state index is 0.106. The first-order chi connectivity index (χ1) is 6.98. The number of hydrogen-bond donors (Lipinski definition) is 0. The van der Waals surface area contributed by atoms with E-state index in [4.69, 9.17) is 11.6 Å². The van der Waals surface area contributed by atoms with Crippen LogP contribution in [0.3, 0.4) is 0 Å². The topological polar surface area (TPSA) is 20.3 Å². The summed E-state index contributed by atoms with van der Waals surface area (Å²) in [4.78, 5) is 13.9. The zero-order valence-corrected chi connectivity index (χ0v) is 9.93. The lowest BCUT2D eigenvalue weighted by Gasteiger charge is -2.31. The van der Waals surface area contributed by atoms with Crippen molar-refractivity contribution in [3.63, 3.8) is 0 Å². The maximum Gasteiger partial charge on any atom is 0.254 e. The average molecular weight is 224 g/mol. The minimum atomic E-state index is -0.244. The summed E-state index contributed by atoms with van der Waals surface area (Å²) in [6.45, 7) is 6.82. The zero-order valence-electron chi connectivity index (χ0n) is 9.17. The molecule has 1 amide bonds. The average Bonchev–Trinajstić information content (AvgIpc) is 2.35. The molecule has 0 bridgehead atoms. The summed E-state index contributed by atoms with van der Waals surface area (Å²) in [6, 6.07) is 5.48. The van der Waals surface area contributed by atoms with Crippen LogP contribution in [0.4, 0.5) is 0 Å². The van der Waals surface area contributed by atoms with Gasteiger partial charge < -0.3 is 4.90 Å². The molecule has 2 nitrogen and oxygen atoms in total. The molecule has 2 rings (SSSR count). The van der Waals surface area contributed by atoms with Crippen LogP contribution in [0.15, 0.2) is 18.2 Å². The highest BCUT2D eigenvalue weighted by molar-refractivity contribution is 6.30. The van der Waals surface area contributed by atoms with Crippen molar-refractivity contribution in [1.82, 2.24) is 4.90 Å². The first kappa shape index (κ1) is 10.5. The van der Waals surface area contributed by atoms with Crippen molar-refractivity contribution in [3.8, 4) is 0 Å². The normalized spacial score (nSPS) is 18.1. The van der Waals surface area contributed by atoms with E-state index in [1.165, 1.54) is 0 Å². The Kier molecular flexibility index (Phi) is 2.27. The van der Waals surface area contributed by atoms with Gasteiger partial charge in [-0.15, -0.1) is 0 Å². The molecule has 0 saturated heterocycles. The maximum absolute atomic E-state index is 12.0. The Hall–Kier alpha value is -1.02. The monoisotopic (exact) mass is 223 g/mol. The third-order valence-electron chi connectivity index (χ3n) is 3.11. The molecule has 1 aliphatic heterocycles. The van der Waals surface area contributed by atoms with Gasteiger partial charge in [-0.1, -0.05) is 11.6 Å². The van der Waals surface area contributed by atoms with Crippen LogP contribution in [-0.2, 0) is 5.54 Å². The first-order valence-electron chi connectivity index (χ1n) is 5.10. The van der Waals surface area contributed by atoms with Gasteiger partial charge in [0.2, 0.25) is 0 Å².